The molecule has 0 bridgehead atoms. The maximum Gasteiger partial charge on any atom is 0.236 e. The first-order chi connectivity index (χ1) is 13.1. The van der Waals surface area contributed by atoms with Crippen molar-refractivity contribution >= 4 is 5.91 Å². The second kappa shape index (κ2) is 8.86. The summed E-state index contributed by atoms with van der Waals surface area (Å²) in [7, 11) is 5.29. The number of carbonyl (C=O) groups is 1. The molecule has 6 nitrogen and oxygen atoms in total. The van der Waals surface area contributed by atoms with Crippen LogP contribution in [0.4, 0.5) is 0 Å². The Hall–Kier alpha value is -2.60. The lowest BCUT2D eigenvalue weighted by atomic mass is 9.97. The van der Waals surface area contributed by atoms with E-state index in [0.717, 1.165) is 35.7 Å². The van der Waals surface area contributed by atoms with Crippen molar-refractivity contribution in [2.24, 2.45) is 0 Å². The fourth-order valence-electron chi connectivity index (χ4n) is 3.55. The Labute approximate surface area is 160 Å². The summed E-state index contributed by atoms with van der Waals surface area (Å²) < 4.78 is 10.9. The number of hydrogen-bond acceptors (Lipinski definition) is 5. The lowest BCUT2D eigenvalue weighted by Gasteiger charge is -2.22. The van der Waals surface area contributed by atoms with Gasteiger partial charge in [-0.05, 0) is 43.8 Å². The quantitative estimate of drug-likeness (QED) is 0.751. The Bertz CT molecular complexity index is 767. The molecule has 144 valence electrons. The van der Waals surface area contributed by atoms with Crippen LogP contribution < -0.4 is 9.47 Å². The lowest BCUT2D eigenvalue weighted by molar-refractivity contribution is -0.131. The van der Waals surface area contributed by atoms with E-state index < -0.39 is 0 Å². The van der Waals surface area contributed by atoms with Gasteiger partial charge in [-0.1, -0.05) is 6.07 Å². The number of ether oxygens (including phenoxy) is 2. The summed E-state index contributed by atoms with van der Waals surface area (Å²) in [5, 5.41) is 0. The molecule has 3 rings (SSSR count). The molecular formula is C21H27N3O3. The average molecular weight is 369 g/mol. The molecular weight excluding hydrogens is 342 g/mol. The van der Waals surface area contributed by atoms with Crippen LogP contribution in [0.3, 0.4) is 0 Å². The van der Waals surface area contributed by atoms with Crippen molar-refractivity contribution in [2.75, 3.05) is 40.9 Å². The van der Waals surface area contributed by atoms with E-state index in [9.17, 15) is 4.79 Å². The van der Waals surface area contributed by atoms with Gasteiger partial charge in [-0.25, -0.2) is 0 Å². The van der Waals surface area contributed by atoms with Crippen LogP contribution in [0.25, 0.3) is 0 Å². The maximum absolute atomic E-state index is 12.7. The van der Waals surface area contributed by atoms with Crippen LogP contribution in [0.1, 0.15) is 23.6 Å². The van der Waals surface area contributed by atoms with E-state index in [-0.39, 0.29) is 11.8 Å². The minimum absolute atomic E-state index is 0.151. The van der Waals surface area contributed by atoms with Gasteiger partial charge in [0.15, 0.2) is 0 Å². The second-order valence-corrected chi connectivity index (χ2v) is 6.93. The minimum atomic E-state index is 0.151. The third-order valence-electron chi connectivity index (χ3n) is 4.98. The normalized spacial score (nSPS) is 16.6. The van der Waals surface area contributed by atoms with Gasteiger partial charge in [0.2, 0.25) is 5.91 Å². The predicted molar refractivity (Wildman–Crippen MR) is 104 cm³/mol. The summed E-state index contributed by atoms with van der Waals surface area (Å²) in [6, 6.07) is 11.7. The molecule has 1 aromatic carbocycles. The Balaban J connectivity index is 1.59. The van der Waals surface area contributed by atoms with Crippen LogP contribution in [-0.4, -0.2) is 61.6 Å². The van der Waals surface area contributed by atoms with Gasteiger partial charge in [0.05, 0.1) is 26.5 Å². The monoisotopic (exact) mass is 369 g/mol. The molecule has 27 heavy (non-hydrogen) atoms. The lowest BCUT2D eigenvalue weighted by Crippen LogP contribution is -2.37. The van der Waals surface area contributed by atoms with Crippen molar-refractivity contribution in [1.29, 1.82) is 0 Å². The maximum atomic E-state index is 12.7. The number of pyridine rings is 1. The largest absolute Gasteiger partial charge is 0.497 e. The van der Waals surface area contributed by atoms with Crippen molar-refractivity contribution in [1.82, 2.24) is 14.8 Å². The first-order valence-electron chi connectivity index (χ1n) is 9.19. The summed E-state index contributed by atoms with van der Waals surface area (Å²) >= 11 is 0. The van der Waals surface area contributed by atoms with Crippen LogP contribution in [0.15, 0.2) is 42.6 Å². The number of amides is 1. The summed E-state index contributed by atoms with van der Waals surface area (Å²) in [6.07, 6.45) is 2.71. The zero-order valence-electron chi connectivity index (χ0n) is 16.2. The fourth-order valence-corrected chi connectivity index (χ4v) is 3.55. The summed E-state index contributed by atoms with van der Waals surface area (Å²) in [5.74, 6) is 2.07. The molecule has 1 fully saturated rings. The molecule has 0 saturated carbocycles. The molecule has 2 heterocycles. The highest BCUT2D eigenvalue weighted by Crippen LogP contribution is 2.36. The predicted octanol–water partition coefficient (Wildman–Crippen LogP) is 2.55. The van der Waals surface area contributed by atoms with Crippen LogP contribution in [0.2, 0.25) is 0 Å². The van der Waals surface area contributed by atoms with E-state index in [1.807, 2.05) is 53.2 Å². The molecule has 2 aromatic rings. The number of likely N-dealkylation sites (tertiary alicyclic amines) is 1. The summed E-state index contributed by atoms with van der Waals surface area (Å²) in [6.45, 7) is 2.52. The van der Waals surface area contributed by atoms with E-state index >= 15 is 0 Å². The number of nitrogens with zero attached hydrogens (tertiary/aromatic N) is 3. The molecule has 1 amide bonds. The third-order valence-corrected chi connectivity index (χ3v) is 4.98. The van der Waals surface area contributed by atoms with Crippen molar-refractivity contribution in [3.63, 3.8) is 0 Å². The Kier molecular flexibility index (Phi) is 6.29. The SMILES string of the molecule is COc1ccc(OC)c(C2CCN(C(=O)CN(C)Cc3ccccn3)C2)c1. The van der Waals surface area contributed by atoms with Crippen molar-refractivity contribution in [3.05, 3.63) is 53.9 Å². The van der Waals surface area contributed by atoms with Crippen LogP contribution in [0, 0.1) is 0 Å². The van der Waals surface area contributed by atoms with Gasteiger partial charge < -0.3 is 14.4 Å². The van der Waals surface area contributed by atoms with E-state index in [4.69, 9.17) is 9.47 Å². The number of rotatable bonds is 7. The molecule has 1 aliphatic rings. The Morgan fingerprint density at radius 2 is 2.11 bits per heavy atom. The number of benzene rings is 1. The molecule has 6 heteroatoms. The molecule has 0 spiro atoms. The highest BCUT2D eigenvalue weighted by atomic mass is 16.5. The highest BCUT2D eigenvalue weighted by Gasteiger charge is 2.29. The number of aromatic nitrogens is 1. The van der Waals surface area contributed by atoms with Gasteiger partial charge >= 0.3 is 0 Å². The van der Waals surface area contributed by atoms with Gasteiger partial charge in [-0.2, -0.15) is 0 Å². The number of likely N-dealkylation sites (N-methyl/N-ethyl adjacent to an activating group) is 1. The van der Waals surface area contributed by atoms with E-state index in [2.05, 4.69) is 4.98 Å². The fraction of sp³-hybridized carbons (Fsp3) is 0.429. The zero-order valence-corrected chi connectivity index (χ0v) is 16.2. The van der Waals surface area contributed by atoms with Crippen LogP contribution in [0.5, 0.6) is 11.5 Å². The first-order valence-corrected chi connectivity index (χ1v) is 9.19. The van der Waals surface area contributed by atoms with Gasteiger partial charge in [0.25, 0.3) is 0 Å². The van der Waals surface area contributed by atoms with Gasteiger partial charge in [-0.15, -0.1) is 0 Å². The zero-order chi connectivity index (χ0) is 19.2. The van der Waals surface area contributed by atoms with Gasteiger partial charge in [-0.3, -0.25) is 14.7 Å². The molecule has 1 aliphatic heterocycles. The molecule has 1 atom stereocenters. The van der Waals surface area contributed by atoms with E-state index in [1.54, 1.807) is 20.4 Å². The molecule has 0 N–H and O–H groups in total. The Morgan fingerprint density at radius 3 is 2.81 bits per heavy atom. The summed E-state index contributed by atoms with van der Waals surface area (Å²) in [5.41, 5.74) is 2.07. The average Bonchev–Trinajstić information content (AvgIpc) is 3.18. The van der Waals surface area contributed by atoms with Crippen molar-refractivity contribution < 1.29 is 14.3 Å². The summed E-state index contributed by atoms with van der Waals surface area (Å²) in [4.78, 5) is 21.0. The van der Waals surface area contributed by atoms with Gasteiger partial charge in [0.1, 0.15) is 11.5 Å². The molecule has 0 aliphatic carbocycles. The molecule has 1 unspecified atom stereocenters. The number of carbonyl (C=O) groups excluding carboxylic acids is 1. The molecule has 1 aromatic heterocycles. The van der Waals surface area contributed by atoms with E-state index in [0.29, 0.717) is 19.6 Å². The standard InChI is InChI=1S/C21H27N3O3/c1-23(14-17-6-4-5-10-22-17)15-21(25)24-11-9-16(13-24)19-12-18(26-2)7-8-20(19)27-3/h4-8,10,12,16H,9,11,13-15H2,1-3H3. The minimum Gasteiger partial charge on any atom is -0.497 e. The topological polar surface area (TPSA) is 54.9 Å². The number of hydrogen-bond donors (Lipinski definition) is 0. The smallest absolute Gasteiger partial charge is 0.236 e. The Morgan fingerprint density at radius 1 is 1.26 bits per heavy atom. The molecule has 1 saturated heterocycles. The van der Waals surface area contributed by atoms with Crippen LogP contribution in [-0.2, 0) is 11.3 Å². The third kappa shape index (κ3) is 4.77. The van der Waals surface area contributed by atoms with Gasteiger partial charge in [0, 0.05) is 37.3 Å². The molecule has 0 radical (unpaired) electrons. The van der Waals surface area contributed by atoms with E-state index in [1.165, 1.54) is 0 Å². The number of methoxy groups -OCH3 is 2. The first kappa shape index (κ1) is 19.2. The van der Waals surface area contributed by atoms with Crippen molar-refractivity contribution in [3.8, 4) is 11.5 Å². The van der Waals surface area contributed by atoms with Crippen LogP contribution >= 0.6 is 0 Å². The van der Waals surface area contributed by atoms with Crippen molar-refractivity contribution in [2.45, 2.75) is 18.9 Å². The highest BCUT2D eigenvalue weighted by molar-refractivity contribution is 5.78. The second-order valence-electron chi connectivity index (χ2n) is 6.93.